The van der Waals surface area contributed by atoms with Crippen LogP contribution in [0, 0.1) is 12.3 Å². The molecule has 3 aromatic carbocycles. The lowest BCUT2D eigenvalue weighted by atomic mass is 10.1. The molecule has 5 rings (SSSR count). The standard InChI is InChI=1S/C32H32N4O5S/c1-4-22-15-21(3)16-25(17-22)39-13-14-40-27-12-11-23(19-28(27)38-5-2)18-26-30(33)36-32(34-31(26)37)42-29(35-36)20-41-24-9-7-6-8-10-24/h6-12,15-19,33H,4-5,13-14,20H2,1-3H3/b26-18-,33-30?. The Labute approximate surface area is 249 Å². The molecule has 10 heteroatoms. The summed E-state index contributed by atoms with van der Waals surface area (Å²) in [5.74, 6) is 2.08. The van der Waals surface area contributed by atoms with Gasteiger partial charge in [-0.3, -0.25) is 10.2 Å². The molecular weight excluding hydrogens is 552 g/mol. The van der Waals surface area contributed by atoms with Gasteiger partial charge < -0.3 is 18.9 Å². The molecule has 9 nitrogen and oxygen atoms in total. The van der Waals surface area contributed by atoms with E-state index >= 15 is 0 Å². The van der Waals surface area contributed by atoms with Crippen molar-refractivity contribution in [2.75, 3.05) is 26.4 Å². The van der Waals surface area contributed by atoms with Crippen LogP contribution in [-0.4, -0.2) is 53.4 Å². The molecule has 0 aliphatic carbocycles. The normalized spacial score (nSPS) is 15.3. The predicted octanol–water partition coefficient (Wildman–Crippen LogP) is 6.11. The number of aliphatic imine (C=N–C) groups is 1. The first kappa shape index (κ1) is 28.9. The summed E-state index contributed by atoms with van der Waals surface area (Å²) < 4.78 is 23.5. The number of hydrogen-bond donors (Lipinski definition) is 1. The second kappa shape index (κ2) is 13.4. The number of thioether (sulfide) groups is 1. The summed E-state index contributed by atoms with van der Waals surface area (Å²) in [7, 11) is 0. The first-order valence-electron chi connectivity index (χ1n) is 13.7. The number of rotatable bonds is 12. The third-order valence-corrected chi connectivity index (χ3v) is 7.19. The van der Waals surface area contributed by atoms with Crippen molar-refractivity contribution in [3.8, 4) is 23.0 Å². The van der Waals surface area contributed by atoms with Crippen molar-refractivity contribution in [1.82, 2.24) is 5.01 Å². The highest BCUT2D eigenvalue weighted by molar-refractivity contribution is 8.27. The lowest BCUT2D eigenvalue weighted by molar-refractivity contribution is -0.114. The van der Waals surface area contributed by atoms with Crippen molar-refractivity contribution in [1.29, 1.82) is 5.41 Å². The van der Waals surface area contributed by atoms with Gasteiger partial charge in [-0.2, -0.15) is 15.1 Å². The van der Waals surface area contributed by atoms with Gasteiger partial charge in [-0.15, -0.1) is 0 Å². The van der Waals surface area contributed by atoms with Gasteiger partial charge in [-0.1, -0.05) is 37.3 Å². The summed E-state index contributed by atoms with van der Waals surface area (Å²) in [6.07, 6.45) is 2.56. The second-order valence-electron chi connectivity index (χ2n) is 9.46. The van der Waals surface area contributed by atoms with E-state index in [-0.39, 0.29) is 18.0 Å². The third kappa shape index (κ3) is 7.01. The average molecular weight is 585 g/mol. The number of para-hydroxylation sites is 1. The number of hydrogen-bond acceptors (Lipinski definition) is 8. The maximum atomic E-state index is 12.9. The summed E-state index contributed by atoms with van der Waals surface area (Å²) in [4.78, 5) is 17.0. The number of amides is 1. The van der Waals surface area contributed by atoms with Crippen LogP contribution in [0.4, 0.5) is 0 Å². The average Bonchev–Trinajstić information content (AvgIpc) is 3.40. The molecule has 0 radical (unpaired) electrons. The lowest BCUT2D eigenvalue weighted by Crippen LogP contribution is -2.35. The zero-order valence-corrected chi connectivity index (χ0v) is 24.6. The smallest absolute Gasteiger partial charge is 0.283 e. The van der Waals surface area contributed by atoms with Gasteiger partial charge in [0.25, 0.3) is 5.91 Å². The van der Waals surface area contributed by atoms with Crippen LogP contribution in [0.5, 0.6) is 23.0 Å². The first-order valence-corrected chi connectivity index (χ1v) is 14.5. The van der Waals surface area contributed by atoms with Crippen molar-refractivity contribution in [3.05, 3.63) is 89.0 Å². The number of aryl methyl sites for hydroxylation is 2. The van der Waals surface area contributed by atoms with E-state index in [1.54, 1.807) is 24.3 Å². The SMILES string of the molecule is CCOc1cc(/C=C2/C(=N)N3N=C(COc4ccccc4)SC3=NC2=O)ccc1OCCOc1cc(C)cc(CC)c1. The molecule has 1 N–H and O–H groups in total. The lowest BCUT2D eigenvalue weighted by Gasteiger charge is -2.20. The molecule has 0 fully saturated rings. The van der Waals surface area contributed by atoms with Gasteiger partial charge in [0.1, 0.15) is 36.4 Å². The topological polar surface area (TPSA) is 106 Å². The van der Waals surface area contributed by atoms with Crippen molar-refractivity contribution < 1.29 is 23.7 Å². The van der Waals surface area contributed by atoms with Gasteiger partial charge in [-0.05, 0) is 91.2 Å². The number of fused-ring (bicyclic) bond motifs is 1. The van der Waals surface area contributed by atoms with Crippen molar-refractivity contribution >= 4 is 39.8 Å². The van der Waals surface area contributed by atoms with Crippen molar-refractivity contribution in [2.45, 2.75) is 27.2 Å². The number of carbonyl (C=O) groups is 1. The van der Waals surface area contributed by atoms with Crippen molar-refractivity contribution in [2.24, 2.45) is 10.1 Å². The molecule has 216 valence electrons. The maximum Gasteiger partial charge on any atom is 0.283 e. The van der Waals surface area contributed by atoms with Crippen LogP contribution in [-0.2, 0) is 11.2 Å². The van der Waals surface area contributed by atoms with Crippen LogP contribution in [0.25, 0.3) is 6.08 Å². The Morgan fingerprint density at radius 2 is 1.71 bits per heavy atom. The Morgan fingerprint density at radius 3 is 2.50 bits per heavy atom. The Balaban J connectivity index is 1.24. The maximum absolute atomic E-state index is 12.9. The summed E-state index contributed by atoms with van der Waals surface area (Å²) in [5.41, 5.74) is 3.19. The summed E-state index contributed by atoms with van der Waals surface area (Å²) in [6.45, 7) is 7.41. The minimum absolute atomic E-state index is 0.0509. The molecule has 0 unspecified atom stereocenters. The molecule has 0 saturated heterocycles. The quantitative estimate of drug-likeness (QED) is 0.202. The van der Waals surface area contributed by atoms with Crippen LogP contribution in [0.2, 0.25) is 0 Å². The highest BCUT2D eigenvalue weighted by Gasteiger charge is 2.35. The van der Waals surface area contributed by atoms with Crippen LogP contribution in [0.1, 0.15) is 30.5 Å². The largest absolute Gasteiger partial charge is 0.490 e. The monoisotopic (exact) mass is 584 g/mol. The van der Waals surface area contributed by atoms with Gasteiger partial charge in [0.05, 0.1) is 12.2 Å². The van der Waals surface area contributed by atoms with Gasteiger partial charge in [0.2, 0.25) is 5.17 Å². The minimum Gasteiger partial charge on any atom is -0.490 e. The number of carbonyl (C=O) groups excluding carboxylic acids is 1. The Hall–Kier alpha value is -4.57. The molecule has 0 saturated carbocycles. The van der Waals surface area contributed by atoms with E-state index < -0.39 is 5.91 Å². The molecule has 42 heavy (non-hydrogen) atoms. The molecule has 3 aromatic rings. The highest BCUT2D eigenvalue weighted by Crippen LogP contribution is 2.32. The number of ether oxygens (including phenoxy) is 4. The van der Waals surface area contributed by atoms with Crippen LogP contribution >= 0.6 is 11.8 Å². The van der Waals surface area contributed by atoms with E-state index in [0.717, 1.165) is 17.7 Å². The highest BCUT2D eigenvalue weighted by atomic mass is 32.2. The zero-order chi connectivity index (χ0) is 29.5. The number of nitrogens with one attached hydrogen (secondary N) is 1. The molecule has 0 aromatic heterocycles. The summed E-state index contributed by atoms with van der Waals surface area (Å²) >= 11 is 1.22. The Morgan fingerprint density at radius 1 is 0.905 bits per heavy atom. The number of amidine groups is 2. The van der Waals surface area contributed by atoms with Gasteiger partial charge in [0.15, 0.2) is 17.3 Å². The van der Waals surface area contributed by atoms with E-state index in [4.69, 9.17) is 24.4 Å². The van der Waals surface area contributed by atoms with Crippen LogP contribution in [0.3, 0.4) is 0 Å². The molecular formula is C32H32N4O5S. The van der Waals surface area contributed by atoms with E-state index in [0.29, 0.717) is 52.8 Å². The molecule has 1 amide bonds. The third-order valence-electron chi connectivity index (χ3n) is 6.31. The predicted molar refractivity (Wildman–Crippen MR) is 166 cm³/mol. The Kier molecular flexibility index (Phi) is 9.23. The number of nitrogens with zero attached hydrogens (tertiary/aromatic N) is 3. The zero-order valence-electron chi connectivity index (χ0n) is 23.8. The molecule has 2 aliphatic heterocycles. The molecule has 2 heterocycles. The van der Waals surface area contributed by atoms with Gasteiger partial charge >= 0.3 is 0 Å². The molecule has 0 spiro atoms. The van der Waals surface area contributed by atoms with Crippen LogP contribution < -0.4 is 18.9 Å². The fourth-order valence-electron chi connectivity index (χ4n) is 4.34. The second-order valence-corrected chi connectivity index (χ2v) is 10.5. The van der Waals surface area contributed by atoms with E-state index in [1.165, 1.54) is 22.3 Å². The number of hydrazone groups is 1. The fourth-order valence-corrected chi connectivity index (χ4v) is 5.14. The fraction of sp³-hybridized carbons (Fsp3) is 0.250. The van der Waals surface area contributed by atoms with E-state index in [1.807, 2.05) is 49.4 Å². The van der Waals surface area contributed by atoms with Crippen molar-refractivity contribution in [3.63, 3.8) is 0 Å². The minimum atomic E-state index is -0.503. The number of benzene rings is 3. The molecule has 2 aliphatic rings. The van der Waals surface area contributed by atoms with Gasteiger partial charge in [-0.25, -0.2) is 0 Å². The first-order chi connectivity index (χ1) is 20.4. The van der Waals surface area contributed by atoms with Crippen LogP contribution in [0.15, 0.2) is 82.4 Å². The van der Waals surface area contributed by atoms with E-state index in [2.05, 4.69) is 30.0 Å². The Bertz CT molecular complexity index is 1570. The van der Waals surface area contributed by atoms with E-state index in [9.17, 15) is 4.79 Å². The molecule has 0 bridgehead atoms. The summed E-state index contributed by atoms with van der Waals surface area (Å²) in [6, 6.07) is 21.0. The molecule has 0 atom stereocenters. The summed E-state index contributed by atoms with van der Waals surface area (Å²) in [5, 5.41) is 15.4. The van der Waals surface area contributed by atoms with Gasteiger partial charge in [0, 0.05) is 0 Å².